The Morgan fingerprint density at radius 3 is 3.00 bits per heavy atom. The van der Waals surface area contributed by atoms with Gasteiger partial charge in [0.25, 0.3) is 0 Å². The molecule has 0 saturated heterocycles. The molecule has 0 aliphatic carbocycles. The number of halogens is 1. The van der Waals surface area contributed by atoms with Crippen LogP contribution < -0.4 is 16.0 Å². The van der Waals surface area contributed by atoms with Gasteiger partial charge in [0, 0.05) is 21.5 Å². The summed E-state index contributed by atoms with van der Waals surface area (Å²) in [4.78, 5) is 1.23. The van der Waals surface area contributed by atoms with Crippen LogP contribution in [-0.2, 0) is 6.42 Å². The SMILES string of the molecule is NNC(CSc1cccc(Br)c1)c1ccc2c(c1)CCO2. The van der Waals surface area contributed by atoms with Crippen molar-refractivity contribution in [2.24, 2.45) is 5.84 Å². The van der Waals surface area contributed by atoms with Crippen LogP contribution in [0.3, 0.4) is 0 Å². The largest absolute Gasteiger partial charge is 0.493 e. The topological polar surface area (TPSA) is 47.3 Å². The highest BCUT2D eigenvalue weighted by Gasteiger charge is 2.16. The number of ether oxygens (including phenoxy) is 1. The molecular weight excluding hydrogens is 348 g/mol. The standard InChI is InChI=1S/C16H17BrN2OS/c17-13-2-1-3-14(9-13)21-10-15(19-18)11-4-5-16-12(8-11)6-7-20-16/h1-5,8-9,15,19H,6-7,10,18H2. The summed E-state index contributed by atoms with van der Waals surface area (Å²) in [6, 6.07) is 14.8. The summed E-state index contributed by atoms with van der Waals surface area (Å²) in [6.07, 6.45) is 0.985. The zero-order valence-electron chi connectivity index (χ0n) is 11.5. The number of nitrogens with one attached hydrogen (secondary N) is 1. The molecule has 1 aliphatic rings. The zero-order valence-corrected chi connectivity index (χ0v) is 13.9. The summed E-state index contributed by atoms with van der Waals surface area (Å²) in [5.74, 6) is 7.63. The summed E-state index contributed by atoms with van der Waals surface area (Å²) in [5.41, 5.74) is 5.41. The van der Waals surface area contributed by atoms with Gasteiger partial charge in [0.05, 0.1) is 12.6 Å². The molecule has 1 atom stereocenters. The van der Waals surface area contributed by atoms with Gasteiger partial charge in [0.1, 0.15) is 5.75 Å². The Balaban J connectivity index is 1.70. The molecule has 1 unspecified atom stereocenters. The highest BCUT2D eigenvalue weighted by atomic mass is 79.9. The Hall–Kier alpha value is -1.01. The van der Waals surface area contributed by atoms with Crippen LogP contribution in [0.5, 0.6) is 5.75 Å². The Labute approximate surface area is 137 Å². The zero-order chi connectivity index (χ0) is 14.7. The number of hydrogen-bond acceptors (Lipinski definition) is 4. The number of fused-ring (bicyclic) bond motifs is 1. The molecule has 0 radical (unpaired) electrons. The van der Waals surface area contributed by atoms with E-state index in [1.165, 1.54) is 16.0 Å². The number of rotatable bonds is 5. The molecule has 3 nitrogen and oxygen atoms in total. The molecule has 2 aromatic carbocycles. The molecular formula is C16H17BrN2OS. The summed E-state index contributed by atoms with van der Waals surface area (Å²) in [7, 11) is 0. The van der Waals surface area contributed by atoms with Crippen LogP contribution in [0.15, 0.2) is 51.8 Å². The highest BCUT2D eigenvalue weighted by Crippen LogP contribution is 2.31. The lowest BCUT2D eigenvalue weighted by Gasteiger charge is -2.17. The summed E-state index contributed by atoms with van der Waals surface area (Å²) < 4.78 is 6.64. The van der Waals surface area contributed by atoms with E-state index in [9.17, 15) is 0 Å². The van der Waals surface area contributed by atoms with Crippen LogP contribution in [0.1, 0.15) is 17.2 Å². The first-order valence-corrected chi connectivity index (χ1v) is 8.64. The van der Waals surface area contributed by atoms with E-state index in [0.717, 1.165) is 29.0 Å². The molecule has 0 saturated carbocycles. The van der Waals surface area contributed by atoms with Crippen LogP contribution in [0.4, 0.5) is 0 Å². The van der Waals surface area contributed by atoms with E-state index in [1.807, 2.05) is 18.2 Å². The molecule has 0 amide bonds. The first kappa shape index (κ1) is 14.9. The van der Waals surface area contributed by atoms with E-state index < -0.39 is 0 Å². The molecule has 1 heterocycles. The van der Waals surface area contributed by atoms with Crippen molar-refractivity contribution < 1.29 is 4.74 Å². The van der Waals surface area contributed by atoms with E-state index in [1.54, 1.807) is 11.8 Å². The van der Waals surface area contributed by atoms with E-state index >= 15 is 0 Å². The first-order valence-electron chi connectivity index (χ1n) is 6.86. The fraction of sp³-hybridized carbons (Fsp3) is 0.250. The molecule has 3 N–H and O–H groups in total. The molecule has 0 aromatic heterocycles. The van der Waals surface area contributed by atoms with Crippen molar-refractivity contribution in [1.29, 1.82) is 0 Å². The lowest BCUT2D eigenvalue weighted by molar-refractivity contribution is 0.356. The minimum Gasteiger partial charge on any atom is -0.493 e. The molecule has 0 fully saturated rings. The normalized spacial score (nSPS) is 14.6. The van der Waals surface area contributed by atoms with Gasteiger partial charge in [-0.15, -0.1) is 11.8 Å². The van der Waals surface area contributed by atoms with Crippen LogP contribution in [0, 0.1) is 0 Å². The van der Waals surface area contributed by atoms with Crippen LogP contribution in [-0.4, -0.2) is 12.4 Å². The summed E-state index contributed by atoms with van der Waals surface area (Å²) in [5, 5.41) is 0. The predicted molar refractivity (Wildman–Crippen MR) is 90.6 cm³/mol. The van der Waals surface area contributed by atoms with Crippen molar-refractivity contribution in [2.75, 3.05) is 12.4 Å². The van der Waals surface area contributed by atoms with Gasteiger partial charge in [-0.1, -0.05) is 34.1 Å². The predicted octanol–water partition coefficient (Wildman–Crippen LogP) is 3.68. The molecule has 21 heavy (non-hydrogen) atoms. The molecule has 3 rings (SSSR count). The number of hydrazine groups is 1. The monoisotopic (exact) mass is 364 g/mol. The Morgan fingerprint density at radius 1 is 1.29 bits per heavy atom. The van der Waals surface area contributed by atoms with Crippen molar-refractivity contribution in [3.8, 4) is 5.75 Å². The molecule has 5 heteroatoms. The van der Waals surface area contributed by atoms with Gasteiger partial charge in [0.15, 0.2) is 0 Å². The maximum Gasteiger partial charge on any atom is 0.122 e. The number of nitrogens with two attached hydrogens (primary N) is 1. The van der Waals surface area contributed by atoms with Crippen molar-refractivity contribution in [3.05, 3.63) is 58.1 Å². The Morgan fingerprint density at radius 2 is 2.19 bits per heavy atom. The minimum atomic E-state index is 0.125. The fourth-order valence-electron chi connectivity index (χ4n) is 2.40. The van der Waals surface area contributed by atoms with Gasteiger partial charge in [-0.2, -0.15) is 0 Å². The van der Waals surface area contributed by atoms with Crippen molar-refractivity contribution >= 4 is 27.7 Å². The number of hydrogen-bond donors (Lipinski definition) is 2. The van der Waals surface area contributed by atoms with Crippen molar-refractivity contribution in [3.63, 3.8) is 0 Å². The molecule has 0 spiro atoms. The van der Waals surface area contributed by atoms with Crippen LogP contribution >= 0.6 is 27.7 Å². The maximum absolute atomic E-state index is 5.74. The third-order valence-corrected chi connectivity index (χ3v) is 5.11. The van der Waals surface area contributed by atoms with Gasteiger partial charge in [-0.3, -0.25) is 11.3 Å². The summed E-state index contributed by atoms with van der Waals surface area (Å²) in [6.45, 7) is 0.784. The fourth-order valence-corrected chi connectivity index (χ4v) is 3.98. The van der Waals surface area contributed by atoms with E-state index in [-0.39, 0.29) is 6.04 Å². The van der Waals surface area contributed by atoms with Gasteiger partial charge < -0.3 is 4.74 Å². The number of benzene rings is 2. The van der Waals surface area contributed by atoms with E-state index in [4.69, 9.17) is 10.6 Å². The molecule has 2 aromatic rings. The van der Waals surface area contributed by atoms with Gasteiger partial charge >= 0.3 is 0 Å². The average Bonchev–Trinajstić information content (AvgIpc) is 2.95. The van der Waals surface area contributed by atoms with Crippen LogP contribution in [0.25, 0.3) is 0 Å². The van der Waals surface area contributed by atoms with Crippen LogP contribution in [0.2, 0.25) is 0 Å². The summed E-state index contributed by atoms with van der Waals surface area (Å²) >= 11 is 5.29. The number of thioether (sulfide) groups is 1. The van der Waals surface area contributed by atoms with Gasteiger partial charge in [-0.25, -0.2) is 0 Å². The van der Waals surface area contributed by atoms with Gasteiger partial charge in [0.2, 0.25) is 0 Å². The molecule has 0 bridgehead atoms. The molecule has 1 aliphatic heterocycles. The first-order chi connectivity index (χ1) is 10.3. The minimum absolute atomic E-state index is 0.125. The highest BCUT2D eigenvalue weighted by molar-refractivity contribution is 9.10. The second-order valence-corrected chi connectivity index (χ2v) is 6.96. The lowest BCUT2D eigenvalue weighted by Crippen LogP contribution is -2.29. The van der Waals surface area contributed by atoms with Gasteiger partial charge in [-0.05, 0) is 35.4 Å². The third kappa shape index (κ3) is 3.61. The van der Waals surface area contributed by atoms with E-state index in [2.05, 4.69) is 45.6 Å². The Kier molecular flexibility index (Phi) is 4.85. The second kappa shape index (κ2) is 6.83. The average molecular weight is 365 g/mol. The quantitative estimate of drug-likeness (QED) is 0.482. The van der Waals surface area contributed by atoms with Crippen molar-refractivity contribution in [1.82, 2.24) is 5.43 Å². The maximum atomic E-state index is 5.74. The third-order valence-electron chi connectivity index (χ3n) is 3.53. The van der Waals surface area contributed by atoms with Crippen molar-refractivity contribution in [2.45, 2.75) is 17.4 Å². The second-order valence-electron chi connectivity index (χ2n) is 4.95. The Bertz CT molecular complexity index is 635. The van der Waals surface area contributed by atoms with E-state index in [0.29, 0.717) is 0 Å². The smallest absolute Gasteiger partial charge is 0.122 e. The lowest BCUT2D eigenvalue weighted by atomic mass is 10.0. The molecule has 110 valence electrons.